The van der Waals surface area contributed by atoms with Crippen molar-refractivity contribution < 1.29 is 0 Å². The fourth-order valence-corrected chi connectivity index (χ4v) is 0.503. The molecule has 0 atom stereocenters. The highest BCUT2D eigenvalue weighted by Crippen LogP contribution is 2.10. The Hall–Kier alpha value is -1.29. The molecule has 0 aliphatic rings. The maximum Gasteiger partial charge on any atom is 0.0991 e. The summed E-state index contributed by atoms with van der Waals surface area (Å²) in [6.07, 6.45) is 3.30. The highest BCUT2D eigenvalue weighted by atomic mass is 14.2. The number of nitriles is 1. The maximum absolute atomic E-state index is 8.53. The average molecular weight is 147 g/mol. The summed E-state index contributed by atoms with van der Waals surface area (Å²) < 4.78 is 0. The standard InChI is InChI=1S/C10H13N/c1-5-10(7-11)6-9(4)8(2)3/h5-6,8H,1,4H2,2-3H3/b10-6+. The third-order valence-corrected chi connectivity index (χ3v) is 1.43. The van der Waals surface area contributed by atoms with Crippen LogP contribution in [-0.2, 0) is 0 Å². The molecule has 1 nitrogen and oxygen atoms in total. The van der Waals surface area contributed by atoms with Gasteiger partial charge in [-0.1, -0.05) is 38.7 Å². The van der Waals surface area contributed by atoms with Gasteiger partial charge in [-0.3, -0.25) is 0 Å². The van der Waals surface area contributed by atoms with Crippen LogP contribution in [0.3, 0.4) is 0 Å². The zero-order valence-corrected chi connectivity index (χ0v) is 7.09. The minimum Gasteiger partial charge on any atom is -0.192 e. The van der Waals surface area contributed by atoms with E-state index in [1.54, 1.807) is 6.08 Å². The molecule has 0 heterocycles. The lowest BCUT2D eigenvalue weighted by Crippen LogP contribution is -1.88. The second kappa shape index (κ2) is 4.51. The number of allylic oxidation sites excluding steroid dienone is 4. The molecule has 1 heteroatoms. The third-order valence-electron chi connectivity index (χ3n) is 1.43. The lowest BCUT2D eigenvalue weighted by atomic mass is 10.0. The molecule has 0 fully saturated rings. The van der Waals surface area contributed by atoms with Crippen LogP contribution in [0.25, 0.3) is 0 Å². The van der Waals surface area contributed by atoms with Gasteiger partial charge >= 0.3 is 0 Å². The molecule has 0 aromatic rings. The quantitative estimate of drug-likeness (QED) is 0.445. The van der Waals surface area contributed by atoms with Crippen molar-refractivity contribution in [1.82, 2.24) is 0 Å². The van der Waals surface area contributed by atoms with Gasteiger partial charge in [0, 0.05) is 0 Å². The molecule has 0 aromatic heterocycles. The lowest BCUT2D eigenvalue weighted by molar-refractivity contribution is 0.794. The fourth-order valence-electron chi connectivity index (χ4n) is 0.503. The predicted octanol–water partition coefficient (Wildman–Crippen LogP) is 2.83. The summed E-state index contributed by atoms with van der Waals surface area (Å²) >= 11 is 0. The second-order valence-electron chi connectivity index (χ2n) is 2.65. The minimum absolute atomic E-state index is 0.387. The van der Waals surface area contributed by atoms with Crippen molar-refractivity contribution in [2.45, 2.75) is 13.8 Å². The maximum atomic E-state index is 8.53. The molecule has 0 amide bonds. The Balaban J connectivity index is 4.43. The molecular weight excluding hydrogens is 134 g/mol. The van der Waals surface area contributed by atoms with E-state index < -0.39 is 0 Å². The minimum atomic E-state index is 0.387. The number of nitrogens with zero attached hydrogens (tertiary/aromatic N) is 1. The Morgan fingerprint density at radius 2 is 2.09 bits per heavy atom. The second-order valence-corrected chi connectivity index (χ2v) is 2.65. The van der Waals surface area contributed by atoms with Gasteiger partial charge in [-0.25, -0.2) is 0 Å². The summed E-state index contributed by atoms with van der Waals surface area (Å²) in [6, 6.07) is 2.02. The van der Waals surface area contributed by atoms with E-state index in [0.717, 1.165) is 5.57 Å². The molecule has 0 radical (unpaired) electrons. The van der Waals surface area contributed by atoms with Gasteiger partial charge in [0.15, 0.2) is 0 Å². The molecule has 0 saturated heterocycles. The number of hydrogen-bond acceptors (Lipinski definition) is 1. The van der Waals surface area contributed by atoms with Gasteiger partial charge < -0.3 is 0 Å². The predicted molar refractivity (Wildman–Crippen MR) is 47.9 cm³/mol. The van der Waals surface area contributed by atoms with Crippen LogP contribution in [0.5, 0.6) is 0 Å². The number of rotatable bonds is 3. The van der Waals surface area contributed by atoms with Crippen molar-refractivity contribution in [3.05, 3.63) is 36.5 Å². The van der Waals surface area contributed by atoms with Crippen LogP contribution in [0, 0.1) is 17.2 Å². The molecule has 0 bridgehead atoms. The molecule has 0 aliphatic heterocycles. The Labute approximate surface area is 68.3 Å². The first-order valence-corrected chi connectivity index (χ1v) is 3.54. The van der Waals surface area contributed by atoms with Crippen molar-refractivity contribution >= 4 is 0 Å². The topological polar surface area (TPSA) is 23.8 Å². The smallest absolute Gasteiger partial charge is 0.0991 e. The first-order chi connectivity index (χ1) is 5.11. The molecular formula is C10H13N. The van der Waals surface area contributed by atoms with Crippen LogP contribution in [0.4, 0.5) is 0 Å². The zero-order chi connectivity index (χ0) is 8.85. The first-order valence-electron chi connectivity index (χ1n) is 3.54. The van der Waals surface area contributed by atoms with Gasteiger partial charge in [-0.2, -0.15) is 5.26 Å². The van der Waals surface area contributed by atoms with E-state index in [1.165, 1.54) is 6.08 Å². The van der Waals surface area contributed by atoms with Crippen molar-refractivity contribution in [1.29, 1.82) is 5.26 Å². The molecule has 0 spiro atoms. The molecule has 11 heavy (non-hydrogen) atoms. The van der Waals surface area contributed by atoms with E-state index in [1.807, 2.05) is 19.9 Å². The summed E-state index contributed by atoms with van der Waals surface area (Å²) in [7, 11) is 0. The Morgan fingerprint density at radius 1 is 1.55 bits per heavy atom. The van der Waals surface area contributed by atoms with E-state index >= 15 is 0 Å². The van der Waals surface area contributed by atoms with Crippen molar-refractivity contribution in [2.75, 3.05) is 0 Å². The Kier molecular flexibility index (Phi) is 3.98. The third kappa shape index (κ3) is 3.42. The summed E-state index contributed by atoms with van der Waals surface area (Å²) in [5, 5.41) is 8.53. The van der Waals surface area contributed by atoms with Gasteiger partial charge in [-0.15, -0.1) is 0 Å². The van der Waals surface area contributed by atoms with Crippen LogP contribution in [-0.4, -0.2) is 0 Å². The van der Waals surface area contributed by atoms with E-state index in [4.69, 9.17) is 5.26 Å². The monoisotopic (exact) mass is 147 g/mol. The van der Waals surface area contributed by atoms with Crippen LogP contribution < -0.4 is 0 Å². The van der Waals surface area contributed by atoms with Gasteiger partial charge in [0.1, 0.15) is 0 Å². The van der Waals surface area contributed by atoms with Crippen LogP contribution in [0.1, 0.15) is 13.8 Å². The highest BCUT2D eigenvalue weighted by Gasteiger charge is 1.96. The number of hydrogen-bond donors (Lipinski definition) is 0. The van der Waals surface area contributed by atoms with E-state index in [9.17, 15) is 0 Å². The molecule has 0 aliphatic carbocycles. The van der Waals surface area contributed by atoms with Crippen molar-refractivity contribution in [3.63, 3.8) is 0 Å². The van der Waals surface area contributed by atoms with E-state index in [2.05, 4.69) is 13.2 Å². The lowest BCUT2D eigenvalue weighted by Gasteiger charge is -2.02. The normalized spacial score (nSPS) is 10.9. The Bertz CT molecular complexity index is 226. The van der Waals surface area contributed by atoms with E-state index in [0.29, 0.717) is 11.5 Å². The van der Waals surface area contributed by atoms with Crippen molar-refractivity contribution in [2.24, 2.45) is 5.92 Å². The summed E-state index contributed by atoms with van der Waals surface area (Å²) in [5.41, 5.74) is 1.53. The average Bonchev–Trinajstić information content (AvgIpc) is 1.99. The van der Waals surface area contributed by atoms with Gasteiger partial charge in [0.05, 0.1) is 11.6 Å². The molecule has 0 aromatic carbocycles. The molecule has 0 N–H and O–H groups in total. The van der Waals surface area contributed by atoms with Gasteiger partial charge in [-0.05, 0) is 12.0 Å². The fraction of sp³-hybridized carbons (Fsp3) is 0.300. The molecule has 0 unspecified atom stereocenters. The van der Waals surface area contributed by atoms with E-state index in [-0.39, 0.29) is 0 Å². The first kappa shape index (κ1) is 9.71. The van der Waals surface area contributed by atoms with Crippen LogP contribution in [0.2, 0.25) is 0 Å². The largest absolute Gasteiger partial charge is 0.192 e. The summed E-state index contributed by atoms with van der Waals surface area (Å²) in [5.74, 6) is 0.387. The van der Waals surface area contributed by atoms with Gasteiger partial charge in [0.2, 0.25) is 0 Å². The SMILES string of the molecule is C=C/C(C#N)=C\C(=C)C(C)C. The van der Waals surface area contributed by atoms with Crippen LogP contribution in [0.15, 0.2) is 36.5 Å². The molecule has 0 rings (SSSR count). The van der Waals surface area contributed by atoms with Crippen molar-refractivity contribution in [3.8, 4) is 6.07 Å². The Morgan fingerprint density at radius 3 is 2.36 bits per heavy atom. The zero-order valence-electron chi connectivity index (χ0n) is 7.09. The highest BCUT2D eigenvalue weighted by molar-refractivity contribution is 5.37. The van der Waals surface area contributed by atoms with Crippen LogP contribution >= 0.6 is 0 Å². The molecule has 58 valence electrons. The summed E-state index contributed by atoms with van der Waals surface area (Å²) in [4.78, 5) is 0. The summed E-state index contributed by atoms with van der Waals surface area (Å²) in [6.45, 7) is 11.4. The van der Waals surface area contributed by atoms with Gasteiger partial charge in [0.25, 0.3) is 0 Å². The molecule has 0 saturated carbocycles.